The number of hydrogen-bond donors (Lipinski definition) is 1. The lowest BCUT2D eigenvalue weighted by Gasteiger charge is -2.13. The molecular formula is C13H23N3. The average molecular weight is 221 g/mol. The van der Waals surface area contributed by atoms with Gasteiger partial charge in [0.15, 0.2) is 0 Å². The summed E-state index contributed by atoms with van der Waals surface area (Å²) < 4.78 is 2.19. The van der Waals surface area contributed by atoms with Crippen LogP contribution in [-0.2, 0) is 6.54 Å². The molecule has 2 unspecified atom stereocenters. The van der Waals surface area contributed by atoms with Crippen LogP contribution in [0.15, 0.2) is 12.3 Å². The first-order valence-electron chi connectivity index (χ1n) is 6.60. The molecule has 1 heterocycles. The molecule has 0 amide bonds. The van der Waals surface area contributed by atoms with Crippen molar-refractivity contribution in [3.8, 4) is 0 Å². The van der Waals surface area contributed by atoms with E-state index in [0.717, 1.165) is 31.5 Å². The molecule has 0 aromatic carbocycles. The molecule has 1 aliphatic carbocycles. The molecule has 3 nitrogen and oxygen atoms in total. The monoisotopic (exact) mass is 221 g/mol. The molecule has 0 saturated heterocycles. The molecule has 1 N–H and O–H groups in total. The summed E-state index contributed by atoms with van der Waals surface area (Å²) >= 11 is 0. The Morgan fingerprint density at radius 2 is 2.31 bits per heavy atom. The van der Waals surface area contributed by atoms with Crippen LogP contribution in [0.4, 0.5) is 0 Å². The summed E-state index contributed by atoms with van der Waals surface area (Å²) in [6.07, 6.45) is 7.02. The van der Waals surface area contributed by atoms with E-state index in [1.54, 1.807) is 0 Å². The standard InChI is InChI=1S/C13H23N3/c1-3-9-16-13(7-8-15-16)11-5-6-12(10-11)14-4-2/h7-8,11-12,14H,3-6,9-10H2,1-2H3. The number of nitrogens with zero attached hydrogens (tertiary/aromatic N) is 2. The van der Waals surface area contributed by atoms with E-state index in [1.807, 2.05) is 6.20 Å². The molecule has 0 radical (unpaired) electrons. The van der Waals surface area contributed by atoms with E-state index >= 15 is 0 Å². The molecule has 0 bridgehead atoms. The van der Waals surface area contributed by atoms with Gasteiger partial charge in [-0.25, -0.2) is 0 Å². The van der Waals surface area contributed by atoms with Gasteiger partial charge < -0.3 is 5.32 Å². The normalized spacial score (nSPS) is 25.1. The van der Waals surface area contributed by atoms with Crippen LogP contribution >= 0.6 is 0 Å². The van der Waals surface area contributed by atoms with Gasteiger partial charge in [-0.05, 0) is 38.3 Å². The fraction of sp³-hybridized carbons (Fsp3) is 0.769. The van der Waals surface area contributed by atoms with Crippen LogP contribution in [0.25, 0.3) is 0 Å². The summed E-state index contributed by atoms with van der Waals surface area (Å²) in [6.45, 7) is 6.55. The van der Waals surface area contributed by atoms with Crippen molar-refractivity contribution < 1.29 is 0 Å². The Hall–Kier alpha value is -0.830. The van der Waals surface area contributed by atoms with Crippen molar-refractivity contribution in [3.63, 3.8) is 0 Å². The molecule has 1 aromatic heterocycles. The number of aromatic nitrogens is 2. The highest BCUT2D eigenvalue weighted by Gasteiger charge is 2.27. The van der Waals surface area contributed by atoms with E-state index < -0.39 is 0 Å². The molecular weight excluding hydrogens is 198 g/mol. The van der Waals surface area contributed by atoms with Gasteiger partial charge in [-0.3, -0.25) is 4.68 Å². The van der Waals surface area contributed by atoms with Crippen LogP contribution < -0.4 is 5.32 Å². The van der Waals surface area contributed by atoms with E-state index in [1.165, 1.54) is 25.0 Å². The van der Waals surface area contributed by atoms with Crippen LogP contribution in [0.5, 0.6) is 0 Å². The van der Waals surface area contributed by atoms with Gasteiger partial charge in [0.2, 0.25) is 0 Å². The van der Waals surface area contributed by atoms with E-state index in [9.17, 15) is 0 Å². The lowest BCUT2D eigenvalue weighted by atomic mass is 10.0. The quantitative estimate of drug-likeness (QED) is 0.828. The first-order chi connectivity index (χ1) is 7.85. The number of rotatable bonds is 5. The van der Waals surface area contributed by atoms with Crippen LogP contribution in [0.2, 0.25) is 0 Å². The van der Waals surface area contributed by atoms with Crippen molar-refractivity contribution in [2.24, 2.45) is 0 Å². The van der Waals surface area contributed by atoms with Gasteiger partial charge >= 0.3 is 0 Å². The van der Waals surface area contributed by atoms with Crippen molar-refractivity contribution in [2.45, 2.75) is 58.0 Å². The summed E-state index contributed by atoms with van der Waals surface area (Å²) in [5.74, 6) is 0.720. The first-order valence-corrected chi connectivity index (χ1v) is 6.60. The maximum absolute atomic E-state index is 4.42. The smallest absolute Gasteiger partial charge is 0.0492 e. The van der Waals surface area contributed by atoms with E-state index in [-0.39, 0.29) is 0 Å². The Morgan fingerprint density at radius 1 is 1.44 bits per heavy atom. The second-order valence-corrected chi connectivity index (χ2v) is 4.74. The van der Waals surface area contributed by atoms with Gasteiger partial charge in [0.25, 0.3) is 0 Å². The van der Waals surface area contributed by atoms with Crippen LogP contribution in [-0.4, -0.2) is 22.4 Å². The molecule has 0 spiro atoms. The van der Waals surface area contributed by atoms with Crippen LogP contribution in [0.1, 0.15) is 51.1 Å². The minimum atomic E-state index is 0.720. The van der Waals surface area contributed by atoms with Crippen molar-refractivity contribution in [3.05, 3.63) is 18.0 Å². The summed E-state index contributed by atoms with van der Waals surface area (Å²) in [7, 11) is 0. The highest BCUT2D eigenvalue weighted by molar-refractivity contribution is 5.11. The Labute approximate surface area is 98.2 Å². The zero-order valence-electron chi connectivity index (χ0n) is 10.4. The van der Waals surface area contributed by atoms with Crippen molar-refractivity contribution in [2.75, 3.05) is 6.54 Å². The average Bonchev–Trinajstić information content (AvgIpc) is 2.87. The molecule has 0 aliphatic heterocycles. The molecule has 3 heteroatoms. The van der Waals surface area contributed by atoms with Gasteiger partial charge in [0.1, 0.15) is 0 Å². The maximum Gasteiger partial charge on any atom is 0.0492 e. The number of hydrogen-bond acceptors (Lipinski definition) is 2. The highest BCUT2D eigenvalue weighted by Crippen LogP contribution is 2.34. The third-order valence-electron chi connectivity index (χ3n) is 3.53. The molecule has 1 fully saturated rings. The molecule has 1 aromatic rings. The maximum atomic E-state index is 4.42. The van der Waals surface area contributed by atoms with Crippen molar-refractivity contribution in [1.29, 1.82) is 0 Å². The summed E-state index contributed by atoms with van der Waals surface area (Å²) in [5.41, 5.74) is 1.45. The molecule has 2 atom stereocenters. The highest BCUT2D eigenvalue weighted by atomic mass is 15.3. The third-order valence-corrected chi connectivity index (χ3v) is 3.53. The van der Waals surface area contributed by atoms with Crippen LogP contribution in [0, 0.1) is 0 Å². The second-order valence-electron chi connectivity index (χ2n) is 4.74. The lowest BCUT2D eigenvalue weighted by Crippen LogP contribution is -2.25. The number of nitrogens with one attached hydrogen (secondary N) is 1. The van der Waals surface area contributed by atoms with Crippen molar-refractivity contribution >= 4 is 0 Å². The first kappa shape index (κ1) is 11.6. The minimum absolute atomic E-state index is 0.720. The number of aryl methyl sites for hydroxylation is 1. The SMILES string of the molecule is CCCn1nccc1C1CCC(NCC)C1. The zero-order chi connectivity index (χ0) is 11.4. The van der Waals surface area contributed by atoms with E-state index in [2.05, 4.69) is 35.0 Å². The second kappa shape index (κ2) is 5.48. The van der Waals surface area contributed by atoms with E-state index in [0.29, 0.717) is 0 Å². The Kier molecular flexibility index (Phi) is 3.99. The Morgan fingerprint density at radius 3 is 3.06 bits per heavy atom. The largest absolute Gasteiger partial charge is 0.314 e. The van der Waals surface area contributed by atoms with Gasteiger partial charge in [0.05, 0.1) is 0 Å². The fourth-order valence-corrected chi connectivity index (χ4v) is 2.81. The molecule has 16 heavy (non-hydrogen) atoms. The fourth-order valence-electron chi connectivity index (χ4n) is 2.81. The summed E-state index contributed by atoms with van der Waals surface area (Å²) in [4.78, 5) is 0. The summed E-state index contributed by atoms with van der Waals surface area (Å²) in [6, 6.07) is 2.93. The molecule has 2 rings (SSSR count). The van der Waals surface area contributed by atoms with Crippen molar-refractivity contribution in [1.82, 2.24) is 15.1 Å². The molecule has 1 aliphatic rings. The molecule has 90 valence electrons. The van der Waals surface area contributed by atoms with Gasteiger partial charge in [-0.2, -0.15) is 5.10 Å². The third kappa shape index (κ3) is 2.46. The lowest BCUT2D eigenvalue weighted by molar-refractivity contribution is 0.511. The van der Waals surface area contributed by atoms with Gasteiger partial charge in [0, 0.05) is 30.4 Å². The predicted molar refractivity (Wildman–Crippen MR) is 66.6 cm³/mol. The predicted octanol–water partition coefficient (Wildman–Crippen LogP) is 2.54. The summed E-state index contributed by atoms with van der Waals surface area (Å²) in [5, 5.41) is 7.98. The minimum Gasteiger partial charge on any atom is -0.314 e. The van der Waals surface area contributed by atoms with E-state index in [4.69, 9.17) is 0 Å². The topological polar surface area (TPSA) is 29.9 Å². The van der Waals surface area contributed by atoms with Gasteiger partial charge in [-0.1, -0.05) is 13.8 Å². The Bertz CT molecular complexity index is 319. The van der Waals surface area contributed by atoms with Gasteiger partial charge in [-0.15, -0.1) is 0 Å². The zero-order valence-corrected chi connectivity index (χ0v) is 10.4. The molecule has 1 saturated carbocycles. The van der Waals surface area contributed by atoms with Crippen LogP contribution in [0.3, 0.4) is 0 Å². The Balaban J connectivity index is 1.99.